The minimum absolute atomic E-state index is 1.22. The smallest absolute Gasteiger partial charge is 0.00261 e. The van der Waals surface area contributed by atoms with E-state index in [-0.39, 0.29) is 0 Å². The molecule has 0 saturated carbocycles. The van der Waals surface area contributed by atoms with Crippen LogP contribution in [0.4, 0.5) is 0 Å². The third-order valence-electron chi connectivity index (χ3n) is 8.69. The summed E-state index contributed by atoms with van der Waals surface area (Å²) in [7, 11) is 0. The van der Waals surface area contributed by atoms with Crippen LogP contribution in [0.1, 0.15) is 0 Å². The van der Waals surface area contributed by atoms with E-state index in [2.05, 4.69) is 182 Å². The zero-order valence-corrected chi connectivity index (χ0v) is 24.3. The molecule has 0 aliphatic heterocycles. The fourth-order valence-corrected chi connectivity index (χ4v) is 6.53. The van der Waals surface area contributed by atoms with Crippen LogP contribution in [0.15, 0.2) is 182 Å². The lowest BCUT2D eigenvalue weighted by molar-refractivity contribution is 1.60. The lowest BCUT2D eigenvalue weighted by Crippen LogP contribution is -1.92. The predicted molar refractivity (Wildman–Crippen MR) is 189 cm³/mol. The highest BCUT2D eigenvalue weighted by Gasteiger charge is 2.18. The molecule has 206 valence electrons. The molecule has 0 saturated heterocycles. The van der Waals surface area contributed by atoms with Crippen molar-refractivity contribution in [3.8, 4) is 55.6 Å². The Morgan fingerprint density at radius 3 is 0.932 bits per heavy atom. The van der Waals surface area contributed by atoms with Crippen molar-refractivity contribution in [3.05, 3.63) is 182 Å². The minimum Gasteiger partial charge on any atom is -0.0622 e. The van der Waals surface area contributed by atoms with E-state index in [4.69, 9.17) is 0 Å². The van der Waals surface area contributed by atoms with Crippen molar-refractivity contribution in [2.24, 2.45) is 0 Å². The number of benzene rings is 8. The summed E-state index contributed by atoms with van der Waals surface area (Å²) in [6.45, 7) is 0. The molecule has 0 heterocycles. The molecule has 8 rings (SSSR count). The van der Waals surface area contributed by atoms with Crippen LogP contribution in [-0.4, -0.2) is 0 Å². The highest BCUT2D eigenvalue weighted by Crippen LogP contribution is 2.45. The Morgan fingerprint density at radius 2 is 0.477 bits per heavy atom. The second-order valence-corrected chi connectivity index (χ2v) is 11.3. The Bertz CT molecular complexity index is 2210. The van der Waals surface area contributed by atoms with Crippen LogP contribution >= 0.6 is 0 Å². The molecular formula is C44H30. The van der Waals surface area contributed by atoms with Crippen LogP contribution in [-0.2, 0) is 0 Å². The number of hydrogen-bond acceptors (Lipinski definition) is 0. The Kier molecular flexibility index (Phi) is 6.59. The first-order chi connectivity index (χ1) is 21.8. The fraction of sp³-hybridized carbons (Fsp3) is 0. The average Bonchev–Trinajstić information content (AvgIpc) is 3.12. The molecule has 0 unspecified atom stereocenters. The van der Waals surface area contributed by atoms with E-state index >= 15 is 0 Å². The van der Waals surface area contributed by atoms with E-state index < -0.39 is 0 Å². The van der Waals surface area contributed by atoms with Gasteiger partial charge >= 0.3 is 0 Å². The highest BCUT2D eigenvalue weighted by atomic mass is 14.2. The quantitative estimate of drug-likeness (QED) is 0.184. The first-order valence-corrected chi connectivity index (χ1v) is 15.2. The molecule has 0 aliphatic rings. The average molecular weight is 559 g/mol. The molecule has 0 spiro atoms. The highest BCUT2D eigenvalue weighted by molar-refractivity contribution is 6.22. The first kappa shape index (κ1) is 25.9. The summed E-state index contributed by atoms with van der Waals surface area (Å²) in [6.07, 6.45) is 0. The van der Waals surface area contributed by atoms with Gasteiger partial charge in [0.05, 0.1) is 0 Å². The van der Waals surface area contributed by atoms with Crippen molar-refractivity contribution < 1.29 is 0 Å². The van der Waals surface area contributed by atoms with Gasteiger partial charge in [-0.1, -0.05) is 176 Å². The summed E-state index contributed by atoms with van der Waals surface area (Å²) in [4.78, 5) is 0. The molecule has 0 N–H and O–H groups in total. The monoisotopic (exact) mass is 558 g/mol. The molecule has 0 amide bonds. The maximum atomic E-state index is 2.39. The van der Waals surface area contributed by atoms with E-state index in [1.54, 1.807) is 0 Å². The van der Waals surface area contributed by atoms with Gasteiger partial charge in [0, 0.05) is 0 Å². The van der Waals surface area contributed by atoms with Gasteiger partial charge in [0.1, 0.15) is 0 Å². The van der Waals surface area contributed by atoms with Crippen molar-refractivity contribution >= 4 is 21.5 Å². The van der Waals surface area contributed by atoms with Gasteiger partial charge in [-0.25, -0.2) is 0 Å². The Hall–Kier alpha value is -5.72. The van der Waals surface area contributed by atoms with E-state index in [1.165, 1.54) is 77.2 Å². The molecule has 44 heavy (non-hydrogen) atoms. The van der Waals surface area contributed by atoms with Crippen LogP contribution in [0.3, 0.4) is 0 Å². The van der Waals surface area contributed by atoms with Crippen LogP contribution < -0.4 is 0 Å². The van der Waals surface area contributed by atoms with E-state index in [0.717, 1.165) is 0 Å². The molecule has 0 radical (unpaired) electrons. The molecule has 0 fully saturated rings. The van der Waals surface area contributed by atoms with Gasteiger partial charge in [0.2, 0.25) is 0 Å². The van der Waals surface area contributed by atoms with Crippen molar-refractivity contribution in [1.29, 1.82) is 0 Å². The zero-order valence-electron chi connectivity index (χ0n) is 24.3. The molecule has 0 nitrogen and oxygen atoms in total. The third-order valence-corrected chi connectivity index (χ3v) is 8.69. The van der Waals surface area contributed by atoms with Gasteiger partial charge < -0.3 is 0 Å². The van der Waals surface area contributed by atoms with Crippen molar-refractivity contribution in [2.45, 2.75) is 0 Å². The van der Waals surface area contributed by atoms with E-state index in [0.29, 0.717) is 0 Å². The number of fused-ring (bicyclic) bond motifs is 2. The summed E-state index contributed by atoms with van der Waals surface area (Å²) in [5, 5.41) is 5.06. The van der Waals surface area contributed by atoms with Gasteiger partial charge in [0.15, 0.2) is 0 Å². The SMILES string of the molecule is c1ccc(-c2ccc(-c3c4ccccc4c(-c4ccc(-c5ccccc5)cc4)c4cc(-c5ccccc5)ccc34)cc2)cc1. The molecule has 0 bridgehead atoms. The lowest BCUT2D eigenvalue weighted by Gasteiger charge is -2.19. The van der Waals surface area contributed by atoms with Crippen molar-refractivity contribution in [1.82, 2.24) is 0 Å². The van der Waals surface area contributed by atoms with Gasteiger partial charge in [-0.2, -0.15) is 0 Å². The van der Waals surface area contributed by atoms with Crippen LogP contribution in [0.5, 0.6) is 0 Å². The molecule has 0 atom stereocenters. The molecule has 0 aliphatic carbocycles. The molecule has 0 heteroatoms. The van der Waals surface area contributed by atoms with Gasteiger partial charge in [-0.05, 0) is 83.2 Å². The summed E-state index contributed by atoms with van der Waals surface area (Å²) >= 11 is 0. The van der Waals surface area contributed by atoms with Crippen LogP contribution in [0.25, 0.3) is 77.2 Å². The summed E-state index contributed by atoms with van der Waals surface area (Å²) in [6, 6.07) is 65.9. The predicted octanol–water partition coefficient (Wildman–Crippen LogP) is 12.3. The third kappa shape index (κ3) is 4.68. The standard InChI is InChI=1S/C44H30/c1-4-12-31(13-5-1)34-20-24-36(25-21-34)43-39-18-10-11-19-40(39)44(37-26-22-35(23-27-37)32-14-6-2-7-15-32)42-30-38(28-29-41(42)43)33-16-8-3-9-17-33/h1-30H. The van der Waals surface area contributed by atoms with E-state index in [1.807, 2.05) is 0 Å². The number of hydrogen-bond donors (Lipinski definition) is 0. The summed E-state index contributed by atoms with van der Waals surface area (Å²) < 4.78 is 0. The maximum Gasteiger partial charge on any atom is -0.00261 e. The Morgan fingerprint density at radius 1 is 0.182 bits per heavy atom. The number of rotatable bonds is 5. The van der Waals surface area contributed by atoms with Crippen molar-refractivity contribution in [3.63, 3.8) is 0 Å². The second kappa shape index (κ2) is 11.2. The first-order valence-electron chi connectivity index (χ1n) is 15.2. The summed E-state index contributed by atoms with van der Waals surface area (Å²) in [5.41, 5.74) is 12.4. The summed E-state index contributed by atoms with van der Waals surface area (Å²) in [5.74, 6) is 0. The van der Waals surface area contributed by atoms with E-state index in [9.17, 15) is 0 Å². The maximum absolute atomic E-state index is 2.39. The largest absolute Gasteiger partial charge is 0.0622 e. The lowest BCUT2D eigenvalue weighted by atomic mass is 9.84. The van der Waals surface area contributed by atoms with Gasteiger partial charge in [-0.15, -0.1) is 0 Å². The van der Waals surface area contributed by atoms with Crippen LogP contribution in [0.2, 0.25) is 0 Å². The second-order valence-electron chi connectivity index (χ2n) is 11.3. The fourth-order valence-electron chi connectivity index (χ4n) is 6.53. The molecule has 8 aromatic carbocycles. The molecular weight excluding hydrogens is 528 g/mol. The van der Waals surface area contributed by atoms with Gasteiger partial charge in [0.25, 0.3) is 0 Å². The normalized spacial score (nSPS) is 11.2. The Balaban J connectivity index is 1.38. The van der Waals surface area contributed by atoms with Crippen LogP contribution in [0, 0.1) is 0 Å². The molecule has 8 aromatic rings. The minimum atomic E-state index is 1.22. The Labute approximate surface area is 258 Å². The zero-order chi connectivity index (χ0) is 29.3. The van der Waals surface area contributed by atoms with Crippen molar-refractivity contribution in [2.75, 3.05) is 0 Å². The molecule has 0 aromatic heterocycles. The topological polar surface area (TPSA) is 0 Å². The van der Waals surface area contributed by atoms with Gasteiger partial charge in [-0.3, -0.25) is 0 Å².